The summed E-state index contributed by atoms with van der Waals surface area (Å²) < 4.78 is 51.0. The van der Waals surface area contributed by atoms with Gasteiger partial charge in [0.2, 0.25) is 0 Å². The van der Waals surface area contributed by atoms with E-state index in [2.05, 4.69) is 15.1 Å². The molecule has 3 aromatic heterocycles. The highest BCUT2D eigenvalue weighted by Crippen LogP contribution is 2.44. The predicted octanol–water partition coefficient (Wildman–Crippen LogP) is 6.16. The lowest BCUT2D eigenvalue weighted by atomic mass is 9.91. The summed E-state index contributed by atoms with van der Waals surface area (Å²) in [4.78, 5) is 22.1. The topological polar surface area (TPSA) is 74.8 Å². The first-order valence-electron chi connectivity index (χ1n) is 11.9. The van der Waals surface area contributed by atoms with Crippen molar-refractivity contribution in [2.24, 2.45) is 0 Å². The molecule has 1 aromatic carbocycles. The van der Waals surface area contributed by atoms with Crippen molar-refractivity contribution >= 4 is 23.5 Å². The van der Waals surface area contributed by atoms with Gasteiger partial charge in [-0.3, -0.25) is 9.48 Å². The Labute approximate surface area is 221 Å². The number of fused-ring (bicyclic) bond motifs is 1. The third-order valence-corrected chi connectivity index (χ3v) is 6.45. The Morgan fingerprint density at radius 3 is 2.55 bits per heavy atom. The van der Waals surface area contributed by atoms with Gasteiger partial charge in [-0.2, -0.15) is 18.3 Å². The van der Waals surface area contributed by atoms with Crippen LogP contribution in [0.4, 0.5) is 13.2 Å². The number of aryl methyl sites for hydroxylation is 3. The van der Waals surface area contributed by atoms with E-state index in [-0.39, 0.29) is 46.5 Å². The van der Waals surface area contributed by atoms with E-state index >= 15 is 0 Å². The minimum absolute atomic E-state index is 0.0923. The Balaban J connectivity index is 1.68. The zero-order valence-electron chi connectivity index (χ0n) is 20.8. The molecule has 7 nitrogen and oxygen atoms in total. The Kier molecular flexibility index (Phi) is 6.60. The molecule has 0 saturated heterocycles. The minimum Gasteiger partial charge on any atom is -0.487 e. The minimum atomic E-state index is -4.70. The van der Waals surface area contributed by atoms with Gasteiger partial charge in [0.15, 0.2) is 11.5 Å². The molecule has 0 saturated carbocycles. The number of hydrogen-bond donors (Lipinski definition) is 0. The Morgan fingerprint density at radius 2 is 1.89 bits per heavy atom. The van der Waals surface area contributed by atoms with Crippen molar-refractivity contribution in [3.05, 3.63) is 87.5 Å². The lowest BCUT2D eigenvalue weighted by Crippen LogP contribution is -2.21. The van der Waals surface area contributed by atoms with Crippen molar-refractivity contribution in [1.29, 1.82) is 0 Å². The van der Waals surface area contributed by atoms with Crippen LogP contribution in [0.15, 0.2) is 48.4 Å². The van der Waals surface area contributed by atoms with Crippen molar-refractivity contribution in [2.45, 2.75) is 40.0 Å². The summed E-state index contributed by atoms with van der Waals surface area (Å²) >= 11 is 6.08. The summed E-state index contributed by atoms with van der Waals surface area (Å²) in [5.74, 6) is 0.465. The zero-order chi connectivity index (χ0) is 27.2. The normalized spacial score (nSPS) is 14.6. The molecular formula is C27H23ClF3N5O2. The van der Waals surface area contributed by atoms with Gasteiger partial charge in [0, 0.05) is 48.4 Å². The van der Waals surface area contributed by atoms with Crippen LogP contribution in [0.2, 0.25) is 5.15 Å². The second-order valence-corrected chi connectivity index (χ2v) is 9.43. The molecule has 0 unspecified atom stereocenters. The number of ketones is 1. The first-order chi connectivity index (χ1) is 18.0. The zero-order valence-corrected chi connectivity index (χ0v) is 21.6. The highest BCUT2D eigenvalue weighted by atomic mass is 35.5. The molecule has 1 aliphatic rings. The van der Waals surface area contributed by atoms with Crippen molar-refractivity contribution in [3.63, 3.8) is 0 Å². The van der Waals surface area contributed by atoms with Gasteiger partial charge in [0.1, 0.15) is 23.3 Å². The molecular weight excluding hydrogens is 519 g/mol. The monoisotopic (exact) mass is 541 g/mol. The average Bonchev–Trinajstić information content (AvgIpc) is 3.46. The molecule has 0 atom stereocenters. The number of alkyl halides is 3. The van der Waals surface area contributed by atoms with E-state index in [1.807, 2.05) is 18.4 Å². The Morgan fingerprint density at radius 1 is 1.13 bits per heavy atom. The number of carbonyl (C=O) groups excluding carboxylic acids is 1. The molecule has 0 N–H and O–H groups in total. The molecule has 4 aromatic rings. The predicted molar refractivity (Wildman–Crippen MR) is 136 cm³/mol. The molecule has 4 heterocycles. The van der Waals surface area contributed by atoms with Crippen LogP contribution in [0, 0.1) is 13.8 Å². The van der Waals surface area contributed by atoms with Gasteiger partial charge in [-0.05, 0) is 62.2 Å². The third kappa shape index (κ3) is 4.96. The largest absolute Gasteiger partial charge is 0.487 e. The molecule has 0 radical (unpaired) electrons. The van der Waals surface area contributed by atoms with Crippen LogP contribution in [0.25, 0.3) is 17.2 Å². The molecule has 0 spiro atoms. The summed E-state index contributed by atoms with van der Waals surface area (Å²) in [7, 11) is 0. The maximum absolute atomic E-state index is 14.0. The van der Waals surface area contributed by atoms with E-state index in [1.54, 1.807) is 49.7 Å². The summed E-state index contributed by atoms with van der Waals surface area (Å²) in [5.41, 5.74) is 1.44. The van der Waals surface area contributed by atoms with Crippen LogP contribution in [0.5, 0.6) is 5.75 Å². The van der Waals surface area contributed by atoms with Crippen LogP contribution in [0.1, 0.15) is 45.6 Å². The number of benzene rings is 1. The van der Waals surface area contributed by atoms with Crippen LogP contribution >= 0.6 is 11.6 Å². The lowest BCUT2D eigenvalue weighted by Gasteiger charge is -2.23. The summed E-state index contributed by atoms with van der Waals surface area (Å²) in [6, 6.07) is 6.75. The maximum Gasteiger partial charge on any atom is 0.435 e. The molecule has 11 heteroatoms. The van der Waals surface area contributed by atoms with Gasteiger partial charge < -0.3 is 9.30 Å². The van der Waals surface area contributed by atoms with Crippen LogP contribution in [-0.2, 0) is 19.3 Å². The standard InChI is InChI=1S/C27H23ClF3N5O2/c1-4-36-13-22(26(34-36)27(29,30)31)20-9-17(12-35-6-5-32-16(35)3)10-21-24(37)18(14-38-25(20)21)11-19-7-15(2)8-23(28)33-19/h5-11,13H,4,12,14H2,1-3H3/b18-11+. The fourth-order valence-electron chi connectivity index (χ4n) is 4.46. The molecule has 38 heavy (non-hydrogen) atoms. The fraction of sp³-hybridized carbons (Fsp3) is 0.259. The molecule has 0 fully saturated rings. The van der Waals surface area contributed by atoms with Crippen molar-refractivity contribution in [3.8, 4) is 16.9 Å². The van der Waals surface area contributed by atoms with Gasteiger partial charge in [-0.15, -0.1) is 0 Å². The number of rotatable bonds is 5. The van der Waals surface area contributed by atoms with Gasteiger partial charge in [0.05, 0.1) is 11.3 Å². The second kappa shape index (κ2) is 9.75. The highest BCUT2D eigenvalue weighted by Gasteiger charge is 2.39. The number of imidazole rings is 1. The summed E-state index contributed by atoms with van der Waals surface area (Å²) in [6.07, 6.45) is 1.63. The van der Waals surface area contributed by atoms with Crippen LogP contribution in [-0.4, -0.2) is 36.7 Å². The van der Waals surface area contributed by atoms with Gasteiger partial charge >= 0.3 is 6.18 Å². The Hall–Kier alpha value is -3.92. The third-order valence-electron chi connectivity index (χ3n) is 6.26. The van der Waals surface area contributed by atoms with E-state index in [0.717, 1.165) is 11.4 Å². The molecule has 5 rings (SSSR count). The van der Waals surface area contributed by atoms with Gasteiger partial charge in [-0.1, -0.05) is 11.6 Å². The smallest absolute Gasteiger partial charge is 0.435 e. The van der Waals surface area contributed by atoms with E-state index in [4.69, 9.17) is 16.3 Å². The molecule has 196 valence electrons. The van der Waals surface area contributed by atoms with Crippen molar-refractivity contribution < 1.29 is 22.7 Å². The second-order valence-electron chi connectivity index (χ2n) is 9.05. The summed E-state index contributed by atoms with van der Waals surface area (Å²) in [5, 5.41) is 4.04. The number of halogens is 4. The molecule has 0 aliphatic carbocycles. The number of carbonyl (C=O) groups is 1. The van der Waals surface area contributed by atoms with Gasteiger partial charge in [-0.25, -0.2) is 9.97 Å². The Bertz CT molecular complexity index is 1570. The number of nitrogens with zero attached hydrogens (tertiary/aromatic N) is 5. The van der Waals surface area contributed by atoms with Crippen molar-refractivity contribution in [1.82, 2.24) is 24.3 Å². The fourth-order valence-corrected chi connectivity index (χ4v) is 4.73. The average molecular weight is 542 g/mol. The number of aromatic nitrogens is 5. The number of Topliss-reactive ketones (excluding diaryl/α,β-unsaturated/α-hetero) is 1. The highest BCUT2D eigenvalue weighted by molar-refractivity contribution is 6.29. The SMILES string of the molecule is CCn1cc(-c2cc(Cn3ccnc3C)cc3c2OC/C(=C\c2cc(C)cc(Cl)n2)C3=O)c(C(F)(F)F)n1. The molecule has 1 aliphatic heterocycles. The molecule has 0 bridgehead atoms. The lowest BCUT2D eigenvalue weighted by molar-refractivity contribution is -0.141. The number of hydrogen-bond acceptors (Lipinski definition) is 5. The van der Waals surface area contributed by atoms with E-state index in [9.17, 15) is 18.0 Å². The first kappa shape index (κ1) is 25.7. The molecule has 0 amide bonds. The number of pyridine rings is 1. The van der Waals surface area contributed by atoms with Crippen LogP contribution < -0.4 is 4.74 Å². The van der Waals surface area contributed by atoms with Crippen LogP contribution in [0.3, 0.4) is 0 Å². The summed E-state index contributed by atoms with van der Waals surface area (Å²) in [6.45, 7) is 5.80. The quantitative estimate of drug-likeness (QED) is 0.223. The number of ether oxygens (including phenoxy) is 1. The first-order valence-corrected chi connectivity index (χ1v) is 12.2. The maximum atomic E-state index is 14.0. The van der Waals surface area contributed by atoms with Gasteiger partial charge in [0.25, 0.3) is 0 Å². The van der Waals surface area contributed by atoms with E-state index in [1.165, 1.54) is 10.9 Å². The van der Waals surface area contributed by atoms with Crippen molar-refractivity contribution in [2.75, 3.05) is 6.61 Å². The van der Waals surface area contributed by atoms with E-state index in [0.29, 0.717) is 23.4 Å². The van der Waals surface area contributed by atoms with E-state index < -0.39 is 11.9 Å².